The first-order chi connectivity index (χ1) is 13.7. The first kappa shape index (κ1) is 21.3. The summed E-state index contributed by atoms with van der Waals surface area (Å²) in [6.45, 7) is 3.61. The van der Waals surface area contributed by atoms with Crippen LogP contribution in [0.1, 0.15) is 17.5 Å². The number of ether oxygens (including phenoxy) is 1. The molecule has 3 rings (SSSR count). The molecule has 0 saturated carbocycles. The molecule has 0 unspecified atom stereocenters. The highest BCUT2D eigenvalue weighted by atomic mass is 79.9. The normalized spacial score (nSPS) is 16.1. The van der Waals surface area contributed by atoms with Crippen molar-refractivity contribution in [3.05, 3.63) is 57.0 Å². The van der Waals surface area contributed by atoms with Crippen molar-refractivity contribution in [1.29, 1.82) is 0 Å². The van der Waals surface area contributed by atoms with Crippen molar-refractivity contribution in [3.63, 3.8) is 0 Å². The van der Waals surface area contributed by atoms with Gasteiger partial charge >= 0.3 is 5.97 Å². The third kappa shape index (κ3) is 5.16. The first-order valence-corrected chi connectivity index (χ1v) is 10.2. The van der Waals surface area contributed by atoms with Gasteiger partial charge in [-0.15, -0.1) is 0 Å². The monoisotopic (exact) mass is 478 g/mol. The maximum Gasteiger partial charge on any atom is 0.311 e. The quantitative estimate of drug-likeness (QED) is 0.651. The highest BCUT2D eigenvalue weighted by molar-refractivity contribution is 9.10. The fourth-order valence-electron chi connectivity index (χ4n) is 3.09. The molecule has 0 aromatic heterocycles. The Morgan fingerprint density at radius 3 is 2.59 bits per heavy atom. The highest BCUT2D eigenvalue weighted by Gasteiger charge is 2.36. The lowest BCUT2D eigenvalue weighted by Gasteiger charge is -2.16. The number of hydrogen-bond acceptors (Lipinski definition) is 4. The van der Waals surface area contributed by atoms with Gasteiger partial charge in [0.2, 0.25) is 5.91 Å². The van der Waals surface area contributed by atoms with Crippen LogP contribution >= 0.6 is 27.5 Å². The molecular weight excluding hydrogens is 460 g/mol. The van der Waals surface area contributed by atoms with Gasteiger partial charge in [-0.2, -0.15) is 0 Å². The Hall–Kier alpha value is -2.38. The van der Waals surface area contributed by atoms with Crippen molar-refractivity contribution < 1.29 is 19.1 Å². The molecule has 0 spiro atoms. The van der Waals surface area contributed by atoms with Gasteiger partial charge in [0.15, 0.2) is 6.61 Å². The number of halogens is 2. The lowest BCUT2D eigenvalue weighted by Crippen LogP contribution is -2.28. The van der Waals surface area contributed by atoms with E-state index in [9.17, 15) is 14.4 Å². The van der Waals surface area contributed by atoms with E-state index in [2.05, 4.69) is 21.2 Å². The molecule has 1 aliphatic heterocycles. The summed E-state index contributed by atoms with van der Waals surface area (Å²) in [7, 11) is 0. The van der Waals surface area contributed by atoms with Gasteiger partial charge in [0.1, 0.15) is 0 Å². The molecule has 2 amide bonds. The Kier molecular flexibility index (Phi) is 6.59. The van der Waals surface area contributed by atoms with Gasteiger partial charge in [-0.1, -0.05) is 27.5 Å². The van der Waals surface area contributed by atoms with Gasteiger partial charge in [0, 0.05) is 33.8 Å². The van der Waals surface area contributed by atoms with Crippen LogP contribution in [-0.4, -0.2) is 30.9 Å². The van der Waals surface area contributed by atoms with Crippen LogP contribution in [0.25, 0.3) is 0 Å². The van der Waals surface area contributed by atoms with Crippen LogP contribution in [0.5, 0.6) is 0 Å². The minimum absolute atomic E-state index is 0.0497. The second-order valence-electron chi connectivity index (χ2n) is 6.95. The van der Waals surface area contributed by atoms with E-state index in [-0.39, 0.29) is 18.9 Å². The lowest BCUT2D eigenvalue weighted by molar-refractivity contribution is -0.151. The third-order valence-electron chi connectivity index (χ3n) is 4.72. The minimum Gasteiger partial charge on any atom is -0.455 e. The van der Waals surface area contributed by atoms with Crippen LogP contribution in [0, 0.1) is 19.8 Å². The smallest absolute Gasteiger partial charge is 0.311 e. The summed E-state index contributed by atoms with van der Waals surface area (Å²) in [5.74, 6) is -1.77. The number of carbonyl (C=O) groups is 3. The van der Waals surface area contributed by atoms with Crippen molar-refractivity contribution in [2.24, 2.45) is 5.92 Å². The van der Waals surface area contributed by atoms with E-state index in [0.29, 0.717) is 16.4 Å². The molecule has 2 aromatic rings. The second-order valence-corrected chi connectivity index (χ2v) is 8.24. The summed E-state index contributed by atoms with van der Waals surface area (Å²) in [4.78, 5) is 38.3. The van der Waals surface area contributed by atoms with Gasteiger partial charge in [0.05, 0.1) is 5.92 Å². The van der Waals surface area contributed by atoms with Crippen molar-refractivity contribution in [1.82, 2.24) is 0 Å². The SMILES string of the molecule is Cc1cc(NC(=O)COC(=O)[C@@H]2CC(=O)N(c3ccc(Cl)cc3)C2)c(C)cc1Br. The standard InChI is InChI=1S/C21H20BrClN2O4/c1-12-8-18(13(2)7-17(12)22)24-19(26)11-29-21(28)14-9-20(27)25(10-14)16-5-3-15(23)4-6-16/h3-8,14H,9-11H2,1-2H3,(H,24,26)/t14-/m1/s1. The summed E-state index contributed by atoms with van der Waals surface area (Å²) in [6, 6.07) is 10.6. The number of benzene rings is 2. The summed E-state index contributed by atoms with van der Waals surface area (Å²) < 4.78 is 6.10. The Bertz CT molecular complexity index is 962. The number of amides is 2. The van der Waals surface area contributed by atoms with Gasteiger partial charge in [-0.3, -0.25) is 14.4 Å². The highest BCUT2D eigenvalue weighted by Crippen LogP contribution is 2.27. The van der Waals surface area contributed by atoms with E-state index in [1.54, 1.807) is 24.3 Å². The fraction of sp³-hybridized carbons (Fsp3) is 0.286. The molecule has 1 fully saturated rings. The number of aryl methyl sites for hydroxylation is 2. The number of nitrogens with zero attached hydrogens (tertiary/aromatic N) is 1. The second kappa shape index (κ2) is 8.97. The van der Waals surface area contributed by atoms with E-state index < -0.39 is 24.4 Å². The Balaban J connectivity index is 1.54. The van der Waals surface area contributed by atoms with Gasteiger partial charge in [-0.25, -0.2) is 0 Å². The van der Waals surface area contributed by atoms with Crippen LogP contribution < -0.4 is 10.2 Å². The average Bonchev–Trinajstić information content (AvgIpc) is 3.06. The van der Waals surface area contributed by atoms with Crippen LogP contribution in [0.2, 0.25) is 5.02 Å². The van der Waals surface area contributed by atoms with Gasteiger partial charge < -0.3 is 15.0 Å². The zero-order valence-corrected chi connectivity index (χ0v) is 18.3. The summed E-state index contributed by atoms with van der Waals surface area (Å²) in [6.07, 6.45) is 0.0497. The van der Waals surface area contributed by atoms with Crippen LogP contribution in [-0.2, 0) is 19.1 Å². The van der Waals surface area contributed by atoms with Crippen molar-refractivity contribution in [2.75, 3.05) is 23.4 Å². The Morgan fingerprint density at radius 2 is 1.90 bits per heavy atom. The molecule has 0 radical (unpaired) electrons. The number of anilines is 2. The molecule has 1 atom stereocenters. The molecule has 1 heterocycles. The van der Waals surface area contributed by atoms with Gasteiger partial charge in [-0.05, 0) is 61.4 Å². The number of nitrogens with one attached hydrogen (secondary N) is 1. The number of esters is 1. The number of hydrogen-bond donors (Lipinski definition) is 1. The van der Waals surface area contributed by atoms with Gasteiger partial charge in [0.25, 0.3) is 5.91 Å². The topological polar surface area (TPSA) is 75.7 Å². The van der Waals surface area contributed by atoms with Crippen LogP contribution in [0.15, 0.2) is 40.9 Å². The first-order valence-electron chi connectivity index (χ1n) is 9.03. The predicted octanol–water partition coefficient (Wildman–Crippen LogP) is 4.25. The summed E-state index contributed by atoms with van der Waals surface area (Å²) in [5, 5.41) is 3.31. The van der Waals surface area contributed by atoms with Crippen molar-refractivity contribution in [3.8, 4) is 0 Å². The summed E-state index contributed by atoms with van der Waals surface area (Å²) in [5.41, 5.74) is 3.21. The molecule has 1 N–H and O–H groups in total. The molecule has 8 heteroatoms. The predicted molar refractivity (Wildman–Crippen MR) is 115 cm³/mol. The number of rotatable bonds is 5. The lowest BCUT2D eigenvalue weighted by atomic mass is 10.1. The molecule has 6 nitrogen and oxygen atoms in total. The van der Waals surface area contributed by atoms with Crippen molar-refractivity contribution in [2.45, 2.75) is 20.3 Å². The molecule has 152 valence electrons. The largest absolute Gasteiger partial charge is 0.455 e. The minimum atomic E-state index is -0.609. The molecule has 0 bridgehead atoms. The maximum absolute atomic E-state index is 12.3. The number of carbonyl (C=O) groups excluding carboxylic acids is 3. The Morgan fingerprint density at radius 1 is 1.21 bits per heavy atom. The van der Waals surface area contributed by atoms with E-state index in [1.165, 1.54) is 4.90 Å². The molecule has 0 aliphatic carbocycles. The molecule has 29 heavy (non-hydrogen) atoms. The molecule has 2 aromatic carbocycles. The maximum atomic E-state index is 12.3. The van der Waals surface area contributed by atoms with E-state index in [0.717, 1.165) is 15.6 Å². The van der Waals surface area contributed by atoms with E-state index >= 15 is 0 Å². The third-order valence-corrected chi connectivity index (χ3v) is 5.83. The van der Waals surface area contributed by atoms with Crippen LogP contribution in [0.4, 0.5) is 11.4 Å². The molecule has 1 saturated heterocycles. The summed E-state index contributed by atoms with van der Waals surface area (Å²) >= 11 is 9.31. The Labute approximate surface area is 182 Å². The van der Waals surface area contributed by atoms with E-state index in [4.69, 9.17) is 16.3 Å². The van der Waals surface area contributed by atoms with Crippen molar-refractivity contribution >= 4 is 56.7 Å². The van der Waals surface area contributed by atoms with Crippen LogP contribution in [0.3, 0.4) is 0 Å². The molecular formula is C21H20BrClN2O4. The van der Waals surface area contributed by atoms with E-state index in [1.807, 2.05) is 26.0 Å². The fourth-order valence-corrected chi connectivity index (χ4v) is 3.68. The molecule has 1 aliphatic rings. The zero-order valence-electron chi connectivity index (χ0n) is 16.0. The average molecular weight is 480 g/mol. The zero-order chi connectivity index (χ0) is 21.1.